The molecule has 1 fully saturated rings. The Balaban J connectivity index is 1.88. The van der Waals surface area contributed by atoms with Crippen molar-refractivity contribution in [2.75, 3.05) is 13.2 Å². The van der Waals surface area contributed by atoms with Gasteiger partial charge in [0.2, 0.25) is 0 Å². The molecular weight excluding hydrogens is 260 g/mol. The lowest BCUT2D eigenvalue weighted by Gasteiger charge is -2.39. The lowest BCUT2D eigenvalue weighted by Crippen LogP contribution is -2.59. The molecule has 8 heteroatoms. The first-order chi connectivity index (χ1) is 9.02. The third-order valence-corrected chi connectivity index (χ3v) is 2.99. The van der Waals surface area contributed by atoms with Crippen molar-refractivity contribution >= 4 is 5.97 Å². The van der Waals surface area contributed by atoms with Gasteiger partial charge in [0.25, 0.3) is 0 Å². The zero-order chi connectivity index (χ0) is 14.0. The van der Waals surface area contributed by atoms with Crippen molar-refractivity contribution in [2.24, 2.45) is 0 Å². The summed E-state index contributed by atoms with van der Waals surface area (Å²) in [5, 5.41) is 37.8. The van der Waals surface area contributed by atoms with E-state index in [4.69, 9.17) is 19.3 Å². The number of carbonyl (C=O) groups excluding carboxylic acids is 1. The van der Waals surface area contributed by atoms with E-state index in [1.807, 2.05) is 0 Å². The minimum absolute atomic E-state index is 0.0646. The minimum Gasteiger partial charge on any atom is -0.452 e. The monoisotopic (exact) mass is 276 g/mol. The van der Waals surface area contributed by atoms with Gasteiger partial charge in [-0.3, -0.25) is 0 Å². The van der Waals surface area contributed by atoms with Gasteiger partial charge in [0.05, 0.1) is 13.2 Å². The molecule has 0 bridgehead atoms. The molecule has 0 aliphatic carbocycles. The minimum atomic E-state index is -1.49. The fourth-order valence-corrected chi connectivity index (χ4v) is 1.90. The number of rotatable bonds is 4. The van der Waals surface area contributed by atoms with E-state index in [1.54, 1.807) is 0 Å². The average molecular weight is 276 g/mol. The number of aliphatic hydroxyl groups excluding tert-OH is 4. The van der Waals surface area contributed by atoms with Crippen LogP contribution in [0.2, 0.25) is 0 Å². The van der Waals surface area contributed by atoms with Gasteiger partial charge in [-0.25, -0.2) is 4.79 Å². The van der Waals surface area contributed by atoms with Crippen molar-refractivity contribution in [3.63, 3.8) is 0 Å². The first-order valence-corrected chi connectivity index (χ1v) is 5.84. The van der Waals surface area contributed by atoms with Crippen LogP contribution in [-0.2, 0) is 19.0 Å². The molecule has 0 unspecified atom stereocenters. The van der Waals surface area contributed by atoms with Gasteiger partial charge in [0.1, 0.15) is 30.5 Å². The molecule has 4 N–H and O–H groups in total. The van der Waals surface area contributed by atoms with Crippen LogP contribution >= 0.6 is 0 Å². The Morgan fingerprint density at radius 3 is 2.53 bits per heavy atom. The fraction of sp³-hybridized carbons (Fsp3) is 0.727. The summed E-state index contributed by atoms with van der Waals surface area (Å²) in [4.78, 5) is 10.8. The van der Waals surface area contributed by atoms with E-state index in [2.05, 4.69) is 0 Å². The topological polar surface area (TPSA) is 126 Å². The summed E-state index contributed by atoms with van der Waals surface area (Å²) in [5.41, 5.74) is 0. The van der Waals surface area contributed by atoms with Gasteiger partial charge in [-0.05, 0) is 6.08 Å². The molecule has 8 nitrogen and oxygen atoms in total. The van der Waals surface area contributed by atoms with Crippen LogP contribution in [0.15, 0.2) is 12.2 Å². The molecule has 19 heavy (non-hydrogen) atoms. The normalized spacial score (nSPS) is 42.4. The van der Waals surface area contributed by atoms with Gasteiger partial charge < -0.3 is 34.6 Å². The lowest BCUT2D eigenvalue weighted by atomic mass is 9.99. The van der Waals surface area contributed by atoms with E-state index < -0.39 is 49.4 Å². The third kappa shape index (κ3) is 3.11. The van der Waals surface area contributed by atoms with Crippen molar-refractivity contribution in [3.8, 4) is 0 Å². The number of esters is 1. The predicted molar refractivity (Wildman–Crippen MR) is 58.7 cm³/mol. The maximum atomic E-state index is 10.8. The molecule has 2 rings (SSSR count). The smallest absolute Gasteiger partial charge is 0.331 e. The SMILES string of the molecule is O=C1C=C[C@@H](CO[C@@H]2O[C@@H](CO)[C@@H](O)[C@H](O)[C@@H]2O)O1. The molecule has 0 aromatic rings. The standard InChI is InChI=1S/C11H16O8/c12-3-6-8(14)9(15)10(16)11(19-6)17-4-5-1-2-7(13)18-5/h1-2,5-6,8-12,14-16H,3-4H2/t5-,6-,8+,9-,10-,11+/m0/s1. The van der Waals surface area contributed by atoms with Crippen molar-refractivity contribution in [1.29, 1.82) is 0 Å². The van der Waals surface area contributed by atoms with E-state index in [0.717, 1.165) is 0 Å². The molecule has 0 amide bonds. The zero-order valence-corrected chi connectivity index (χ0v) is 9.95. The number of cyclic esters (lactones) is 1. The number of hydrogen-bond acceptors (Lipinski definition) is 8. The second-order valence-corrected chi connectivity index (χ2v) is 4.37. The summed E-state index contributed by atoms with van der Waals surface area (Å²) in [6, 6.07) is 0. The van der Waals surface area contributed by atoms with Crippen LogP contribution in [0.25, 0.3) is 0 Å². The summed E-state index contributed by atoms with van der Waals surface area (Å²) >= 11 is 0. The van der Waals surface area contributed by atoms with Crippen molar-refractivity contribution in [3.05, 3.63) is 12.2 Å². The van der Waals surface area contributed by atoms with Crippen LogP contribution in [0.5, 0.6) is 0 Å². The molecule has 1 saturated heterocycles. The molecule has 0 aromatic carbocycles. The van der Waals surface area contributed by atoms with E-state index >= 15 is 0 Å². The molecular formula is C11H16O8. The van der Waals surface area contributed by atoms with Crippen molar-refractivity contribution in [1.82, 2.24) is 0 Å². The van der Waals surface area contributed by atoms with Crippen LogP contribution in [0.3, 0.4) is 0 Å². The third-order valence-electron chi connectivity index (χ3n) is 2.99. The lowest BCUT2D eigenvalue weighted by molar-refractivity contribution is -0.303. The summed E-state index contributed by atoms with van der Waals surface area (Å²) in [6.45, 7) is -0.589. The Hall–Kier alpha value is -1.03. The Bertz CT molecular complexity index is 355. The Labute approximate surface area is 108 Å². The molecule has 0 radical (unpaired) electrons. The van der Waals surface area contributed by atoms with E-state index in [9.17, 15) is 20.1 Å². The quantitative estimate of drug-likeness (QED) is 0.408. The Morgan fingerprint density at radius 1 is 1.21 bits per heavy atom. The van der Waals surface area contributed by atoms with Crippen molar-refractivity contribution < 1.29 is 39.4 Å². The van der Waals surface area contributed by atoms with Crippen LogP contribution < -0.4 is 0 Å². The highest BCUT2D eigenvalue weighted by molar-refractivity contribution is 5.84. The van der Waals surface area contributed by atoms with Gasteiger partial charge in [-0.2, -0.15) is 0 Å². The highest BCUT2D eigenvalue weighted by Gasteiger charge is 2.44. The average Bonchev–Trinajstić information content (AvgIpc) is 2.81. The molecule has 2 heterocycles. The first-order valence-electron chi connectivity index (χ1n) is 5.84. The molecule has 0 aromatic heterocycles. The van der Waals surface area contributed by atoms with Crippen LogP contribution in [-0.4, -0.2) is 76.4 Å². The zero-order valence-electron chi connectivity index (χ0n) is 9.95. The highest BCUT2D eigenvalue weighted by atomic mass is 16.7. The van der Waals surface area contributed by atoms with Gasteiger partial charge >= 0.3 is 5.97 Å². The molecule has 6 atom stereocenters. The van der Waals surface area contributed by atoms with Crippen LogP contribution in [0.4, 0.5) is 0 Å². The first kappa shape index (κ1) is 14.4. The maximum Gasteiger partial charge on any atom is 0.331 e. The summed E-state index contributed by atoms with van der Waals surface area (Å²) in [7, 11) is 0. The highest BCUT2D eigenvalue weighted by Crippen LogP contribution is 2.22. The van der Waals surface area contributed by atoms with Gasteiger partial charge in [0.15, 0.2) is 6.29 Å². The molecule has 0 spiro atoms. The number of aliphatic hydroxyl groups is 4. The summed E-state index contributed by atoms with van der Waals surface area (Å²) in [5.74, 6) is -0.484. The Kier molecular flexibility index (Phi) is 4.50. The Morgan fingerprint density at radius 2 is 1.95 bits per heavy atom. The van der Waals surface area contributed by atoms with Gasteiger partial charge in [-0.1, -0.05) is 0 Å². The number of hydrogen-bond donors (Lipinski definition) is 4. The van der Waals surface area contributed by atoms with E-state index in [0.29, 0.717) is 0 Å². The molecule has 108 valence electrons. The largest absolute Gasteiger partial charge is 0.452 e. The van der Waals surface area contributed by atoms with Gasteiger partial charge in [0, 0.05) is 6.08 Å². The molecule has 2 aliphatic heterocycles. The summed E-state index contributed by atoms with van der Waals surface area (Å²) in [6.07, 6.45) is -4.46. The second kappa shape index (κ2) is 5.95. The predicted octanol–water partition coefficient (Wildman–Crippen LogP) is -2.72. The van der Waals surface area contributed by atoms with Crippen LogP contribution in [0, 0.1) is 0 Å². The van der Waals surface area contributed by atoms with Gasteiger partial charge in [-0.15, -0.1) is 0 Å². The summed E-state index contributed by atoms with van der Waals surface area (Å²) < 4.78 is 15.1. The number of carbonyl (C=O) groups is 1. The molecule has 2 aliphatic rings. The number of ether oxygens (including phenoxy) is 3. The fourth-order valence-electron chi connectivity index (χ4n) is 1.90. The molecule has 0 saturated carbocycles. The maximum absolute atomic E-state index is 10.8. The van der Waals surface area contributed by atoms with Crippen molar-refractivity contribution in [2.45, 2.75) is 36.8 Å². The van der Waals surface area contributed by atoms with E-state index in [-0.39, 0.29) is 6.61 Å². The van der Waals surface area contributed by atoms with Crippen LogP contribution in [0.1, 0.15) is 0 Å². The van der Waals surface area contributed by atoms with E-state index in [1.165, 1.54) is 12.2 Å². The second-order valence-electron chi connectivity index (χ2n) is 4.37.